The predicted octanol–water partition coefficient (Wildman–Crippen LogP) is 5.28. The van der Waals surface area contributed by atoms with Gasteiger partial charge in [0.1, 0.15) is 5.82 Å². The number of aliphatic hydroxyl groups excluding tert-OH is 1. The normalized spacial score (nSPS) is 12.5. The van der Waals surface area contributed by atoms with Crippen molar-refractivity contribution in [2.24, 2.45) is 0 Å². The van der Waals surface area contributed by atoms with Crippen LogP contribution in [0.1, 0.15) is 17.2 Å². The molecule has 2 aromatic rings. The molecule has 0 fully saturated rings. The van der Waals surface area contributed by atoms with Crippen LogP contribution in [0.4, 0.5) is 4.39 Å². The summed E-state index contributed by atoms with van der Waals surface area (Å²) >= 11 is 12.7. The molecule has 0 aromatic heterocycles. The fourth-order valence-corrected chi connectivity index (χ4v) is 2.99. The minimum absolute atomic E-state index is 0.298. The maximum absolute atomic E-state index is 13.3. The molecule has 100 valence electrons. The molecule has 0 saturated carbocycles. The summed E-state index contributed by atoms with van der Waals surface area (Å²) in [6.45, 7) is 0. The molecule has 5 heteroatoms. The fourth-order valence-electron chi connectivity index (χ4n) is 1.84. The zero-order valence-electron chi connectivity index (χ0n) is 9.71. The van der Waals surface area contributed by atoms with Gasteiger partial charge in [0, 0.05) is 20.9 Å². The molecule has 19 heavy (non-hydrogen) atoms. The Hall–Kier alpha value is -0.420. The Morgan fingerprint density at radius 3 is 2.63 bits per heavy atom. The van der Waals surface area contributed by atoms with Crippen molar-refractivity contribution in [3.8, 4) is 0 Å². The molecule has 0 aliphatic heterocycles. The van der Waals surface area contributed by atoms with E-state index in [1.807, 2.05) is 0 Å². The summed E-state index contributed by atoms with van der Waals surface area (Å²) in [5, 5.41) is 10.7. The predicted molar refractivity (Wildman–Crippen MR) is 81.9 cm³/mol. The summed E-state index contributed by atoms with van der Waals surface area (Å²) in [5.74, 6) is -0.336. The van der Waals surface area contributed by atoms with E-state index in [0.717, 1.165) is 4.47 Å². The van der Waals surface area contributed by atoms with E-state index in [0.29, 0.717) is 27.0 Å². The van der Waals surface area contributed by atoms with Crippen molar-refractivity contribution >= 4 is 43.5 Å². The molecular weight excluding hydrogens is 398 g/mol. The highest BCUT2D eigenvalue weighted by Gasteiger charge is 2.14. The van der Waals surface area contributed by atoms with Gasteiger partial charge in [-0.3, -0.25) is 0 Å². The smallest absolute Gasteiger partial charge is 0.124 e. The number of aliphatic hydroxyl groups is 1. The van der Waals surface area contributed by atoms with Crippen LogP contribution in [0.15, 0.2) is 45.3 Å². The van der Waals surface area contributed by atoms with Crippen molar-refractivity contribution in [1.29, 1.82) is 0 Å². The van der Waals surface area contributed by atoms with Gasteiger partial charge in [0.25, 0.3) is 0 Å². The quantitative estimate of drug-likeness (QED) is 0.733. The van der Waals surface area contributed by atoms with E-state index in [1.165, 1.54) is 12.1 Å². The average molecular weight is 408 g/mol. The lowest BCUT2D eigenvalue weighted by atomic mass is 10.0. The molecule has 0 aliphatic carbocycles. The molecule has 0 spiro atoms. The van der Waals surface area contributed by atoms with Gasteiger partial charge >= 0.3 is 0 Å². The minimum Gasteiger partial charge on any atom is -0.388 e. The first-order valence-electron chi connectivity index (χ1n) is 5.54. The van der Waals surface area contributed by atoms with Gasteiger partial charge in [-0.1, -0.05) is 39.7 Å². The van der Waals surface area contributed by atoms with E-state index in [9.17, 15) is 9.50 Å². The maximum atomic E-state index is 13.3. The first-order valence-corrected chi connectivity index (χ1v) is 7.50. The molecule has 0 saturated heterocycles. The van der Waals surface area contributed by atoms with Crippen molar-refractivity contribution in [2.45, 2.75) is 12.5 Å². The van der Waals surface area contributed by atoms with Crippen molar-refractivity contribution in [2.75, 3.05) is 0 Å². The van der Waals surface area contributed by atoms with Crippen LogP contribution in [0.25, 0.3) is 0 Å². The van der Waals surface area contributed by atoms with Gasteiger partial charge in [0.05, 0.1) is 11.1 Å². The van der Waals surface area contributed by atoms with Crippen molar-refractivity contribution in [3.63, 3.8) is 0 Å². The molecule has 2 rings (SSSR count). The molecule has 1 unspecified atom stereocenters. The van der Waals surface area contributed by atoms with Gasteiger partial charge in [0.2, 0.25) is 0 Å². The SMILES string of the molecule is OC(Cc1cc(F)cc(Br)c1)c1cccc(Br)c1Cl. The molecule has 0 radical (unpaired) electrons. The fraction of sp³-hybridized carbons (Fsp3) is 0.143. The Labute approximate surface area is 132 Å². The molecular formula is C14H10Br2ClFO. The van der Waals surface area contributed by atoms with E-state index in [1.54, 1.807) is 24.3 Å². The highest BCUT2D eigenvalue weighted by molar-refractivity contribution is 9.10. The number of hydrogen-bond acceptors (Lipinski definition) is 1. The van der Waals surface area contributed by atoms with Crippen LogP contribution in [0.2, 0.25) is 5.02 Å². The Bertz CT molecular complexity index is 584. The van der Waals surface area contributed by atoms with Gasteiger partial charge in [-0.05, 0) is 45.8 Å². The molecule has 0 aliphatic rings. The zero-order chi connectivity index (χ0) is 14.0. The molecule has 0 heterocycles. The van der Waals surface area contributed by atoms with Crippen LogP contribution in [0, 0.1) is 5.82 Å². The molecule has 0 amide bonds. The number of halogens is 4. The third-order valence-electron chi connectivity index (χ3n) is 2.69. The second kappa shape index (κ2) is 6.35. The summed E-state index contributed by atoms with van der Waals surface area (Å²) in [5.41, 5.74) is 1.33. The van der Waals surface area contributed by atoms with Crippen molar-refractivity contribution in [1.82, 2.24) is 0 Å². The molecule has 0 bridgehead atoms. The monoisotopic (exact) mass is 406 g/mol. The summed E-state index contributed by atoms with van der Waals surface area (Å²) in [6, 6.07) is 9.92. The van der Waals surface area contributed by atoms with Gasteiger partial charge in [-0.25, -0.2) is 4.39 Å². The summed E-state index contributed by atoms with van der Waals surface area (Å²) in [6.07, 6.45) is -0.481. The highest BCUT2D eigenvalue weighted by Crippen LogP contribution is 2.32. The highest BCUT2D eigenvalue weighted by atomic mass is 79.9. The lowest BCUT2D eigenvalue weighted by Crippen LogP contribution is -2.03. The maximum Gasteiger partial charge on any atom is 0.124 e. The number of benzene rings is 2. The van der Waals surface area contributed by atoms with Crippen LogP contribution in [-0.4, -0.2) is 5.11 Å². The third-order valence-corrected chi connectivity index (χ3v) is 4.46. The minimum atomic E-state index is -0.779. The van der Waals surface area contributed by atoms with Gasteiger partial charge in [-0.15, -0.1) is 0 Å². The van der Waals surface area contributed by atoms with Gasteiger partial charge in [0.15, 0.2) is 0 Å². The van der Waals surface area contributed by atoms with Crippen LogP contribution in [0.5, 0.6) is 0 Å². The van der Waals surface area contributed by atoms with Gasteiger partial charge in [-0.2, -0.15) is 0 Å². The van der Waals surface area contributed by atoms with E-state index in [4.69, 9.17) is 11.6 Å². The zero-order valence-corrected chi connectivity index (χ0v) is 13.6. The lowest BCUT2D eigenvalue weighted by Gasteiger charge is -2.14. The summed E-state index contributed by atoms with van der Waals surface area (Å²) in [7, 11) is 0. The first-order chi connectivity index (χ1) is 8.97. The topological polar surface area (TPSA) is 20.2 Å². The van der Waals surface area contributed by atoms with Crippen molar-refractivity contribution in [3.05, 3.63) is 67.3 Å². The van der Waals surface area contributed by atoms with Crippen LogP contribution in [-0.2, 0) is 6.42 Å². The third kappa shape index (κ3) is 3.78. The Morgan fingerprint density at radius 1 is 1.21 bits per heavy atom. The number of rotatable bonds is 3. The average Bonchev–Trinajstić information content (AvgIpc) is 2.31. The Kier molecular flexibility index (Phi) is 5.01. The van der Waals surface area contributed by atoms with E-state index in [2.05, 4.69) is 31.9 Å². The molecule has 1 atom stereocenters. The van der Waals surface area contributed by atoms with Crippen molar-refractivity contribution < 1.29 is 9.50 Å². The van der Waals surface area contributed by atoms with Crippen LogP contribution >= 0.6 is 43.5 Å². The standard InChI is InChI=1S/C14H10Br2ClFO/c15-9-4-8(5-10(18)7-9)6-13(19)11-2-1-3-12(16)14(11)17/h1-5,7,13,19H,6H2. The second-order valence-corrected chi connectivity index (χ2v) is 6.29. The second-order valence-electron chi connectivity index (χ2n) is 4.14. The van der Waals surface area contributed by atoms with Crippen LogP contribution < -0.4 is 0 Å². The first kappa shape index (κ1) is 15.0. The van der Waals surface area contributed by atoms with E-state index in [-0.39, 0.29) is 5.82 Å². The molecule has 1 N–H and O–H groups in total. The van der Waals surface area contributed by atoms with E-state index >= 15 is 0 Å². The molecule has 2 aromatic carbocycles. The summed E-state index contributed by atoms with van der Waals surface area (Å²) in [4.78, 5) is 0. The lowest BCUT2D eigenvalue weighted by molar-refractivity contribution is 0.178. The van der Waals surface area contributed by atoms with Gasteiger partial charge < -0.3 is 5.11 Å². The van der Waals surface area contributed by atoms with E-state index < -0.39 is 6.10 Å². The van der Waals surface area contributed by atoms with Crippen LogP contribution in [0.3, 0.4) is 0 Å². The Morgan fingerprint density at radius 2 is 1.95 bits per heavy atom. The summed E-state index contributed by atoms with van der Waals surface area (Å²) < 4.78 is 14.7. The number of hydrogen-bond donors (Lipinski definition) is 1. The largest absolute Gasteiger partial charge is 0.388 e. The Balaban J connectivity index is 2.25. The molecule has 1 nitrogen and oxygen atoms in total.